The van der Waals surface area contributed by atoms with E-state index in [9.17, 15) is 0 Å². The minimum absolute atomic E-state index is 0.694. The summed E-state index contributed by atoms with van der Waals surface area (Å²) in [5, 5.41) is 8.06. The topological polar surface area (TPSA) is 39.1 Å². The highest BCUT2D eigenvalue weighted by atomic mass is 79.9. The van der Waals surface area contributed by atoms with E-state index < -0.39 is 0 Å². The largest absolute Gasteiger partial charge is 0.495 e. The number of nitrogens with one attached hydrogen (secondary N) is 1. The average molecular weight is 401 g/mol. The zero-order chi connectivity index (χ0) is 14.1. The highest BCUT2D eigenvalue weighted by Gasteiger charge is 2.20. The Labute approximate surface area is 134 Å². The Hall–Kier alpha value is -0.850. The van der Waals surface area contributed by atoms with Gasteiger partial charge in [0, 0.05) is 29.3 Å². The van der Waals surface area contributed by atoms with Crippen molar-refractivity contribution < 1.29 is 4.74 Å². The Morgan fingerprint density at radius 2 is 2.15 bits per heavy atom. The number of hydrogen-bond donors (Lipinski definition) is 1. The Balaban J connectivity index is 1.84. The molecule has 106 valence electrons. The van der Waals surface area contributed by atoms with Crippen LogP contribution in [0.2, 0.25) is 0 Å². The number of rotatable bonds is 5. The Bertz CT molecular complexity index is 623. The lowest BCUT2D eigenvalue weighted by atomic mass is 10.3. The standard InChI is InChI=1S/C14H15Br2N3O/c1-20-14-7-13(11(15)6-12(14)16)19-5-4-10(18-19)8-17-9-2-3-9/h4-7,9,17H,2-3,8H2,1H3. The third-order valence-electron chi connectivity index (χ3n) is 3.26. The summed E-state index contributed by atoms with van der Waals surface area (Å²) in [6, 6.07) is 6.66. The van der Waals surface area contributed by atoms with E-state index in [0.717, 1.165) is 32.6 Å². The molecule has 0 amide bonds. The van der Waals surface area contributed by atoms with E-state index in [1.807, 2.05) is 29.1 Å². The number of benzene rings is 1. The zero-order valence-corrected chi connectivity index (χ0v) is 14.2. The van der Waals surface area contributed by atoms with Gasteiger partial charge < -0.3 is 10.1 Å². The maximum atomic E-state index is 5.33. The summed E-state index contributed by atoms with van der Waals surface area (Å²) >= 11 is 7.04. The summed E-state index contributed by atoms with van der Waals surface area (Å²) < 4.78 is 9.08. The van der Waals surface area contributed by atoms with E-state index in [-0.39, 0.29) is 0 Å². The molecule has 0 saturated heterocycles. The second kappa shape index (κ2) is 5.87. The van der Waals surface area contributed by atoms with Crippen LogP contribution in [0.1, 0.15) is 18.5 Å². The summed E-state index contributed by atoms with van der Waals surface area (Å²) in [4.78, 5) is 0. The average Bonchev–Trinajstić information content (AvgIpc) is 3.15. The van der Waals surface area contributed by atoms with E-state index in [2.05, 4.69) is 42.3 Å². The Morgan fingerprint density at radius 1 is 1.35 bits per heavy atom. The van der Waals surface area contributed by atoms with Gasteiger partial charge >= 0.3 is 0 Å². The Morgan fingerprint density at radius 3 is 2.85 bits per heavy atom. The number of methoxy groups -OCH3 is 1. The molecule has 20 heavy (non-hydrogen) atoms. The van der Waals surface area contributed by atoms with Crippen LogP contribution < -0.4 is 10.1 Å². The molecule has 0 radical (unpaired) electrons. The summed E-state index contributed by atoms with van der Waals surface area (Å²) in [5.74, 6) is 0.788. The predicted molar refractivity (Wildman–Crippen MR) is 85.4 cm³/mol. The van der Waals surface area contributed by atoms with Crippen molar-refractivity contribution in [2.24, 2.45) is 0 Å². The van der Waals surface area contributed by atoms with Crippen molar-refractivity contribution in [3.8, 4) is 11.4 Å². The van der Waals surface area contributed by atoms with E-state index in [1.165, 1.54) is 12.8 Å². The van der Waals surface area contributed by atoms with Crippen LogP contribution in [-0.4, -0.2) is 22.9 Å². The maximum absolute atomic E-state index is 5.33. The van der Waals surface area contributed by atoms with E-state index in [4.69, 9.17) is 4.74 Å². The van der Waals surface area contributed by atoms with E-state index in [1.54, 1.807) is 7.11 Å². The molecule has 3 rings (SSSR count). The second-order valence-electron chi connectivity index (χ2n) is 4.84. The molecule has 1 aromatic carbocycles. The third kappa shape index (κ3) is 3.07. The molecular formula is C14H15Br2N3O. The fraction of sp³-hybridized carbons (Fsp3) is 0.357. The molecule has 0 spiro atoms. The summed E-state index contributed by atoms with van der Waals surface area (Å²) in [5.41, 5.74) is 2.01. The van der Waals surface area contributed by atoms with Gasteiger partial charge in [0.1, 0.15) is 5.75 Å². The molecule has 0 atom stereocenters. The second-order valence-corrected chi connectivity index (χ2v) is 6.55. The van der Waals surface area contributed by atoms with Gasteiger partial charge in [-0.1, -0.05) is 0 Å². The molecule has 6 heteroatoms. The van der Waals surface area contributed by atoms with Crippen molar-refractivity contribution in [2.75, 3.05) is 7.11 Å². The van der Waals surface area contributed by atoms with Gasteiger partial charge in [-0.05, 0) is 56.8 Å². The van der Waals surface area contributed by atoms with Gasteiger partial charge in [-0.15, -0.1) is 0 Å². The number of halogens is 2. The van der Waals surface area contributed by atoms with Crippen molar-refractivity contribution in [3.05, 3.63) is 39.0 Å². The van der Waals surface area contributed by atoms with Crippen LogP contribution in [0.4, 0.5) is 0 Å². The van der Waals surface area contributed by atoms with Crippen molar-refractivity contribution in [2.45, 2.75) is 25.4 Å². The molecule has 1 aromatic heterocycles. The molecule has 1 N–H and O–H groups in total. The smallest absolute Gasteiger partial charge is 0.135 e. The molecule has 0 unspecified atom stereocenters. The third-order valence-corrected chi connectivity index (χ3v) is 4.52. The molecule has 0 aliphatic heterocycles. The monoisotopic (exact) mass is 399 g/mol. The van der Waals surface area contributed by atoms with Crippen molar-refractivity contribution in [1.29, 1.82) is 0 Å². The normalized spacial score (nSPS) is 14.6. The number of ether oxygens (including phenoxy) is 1. The van der Waals surface area contributed by atoms with Crippen LogP contribution >= 0.6 is 31.9 Å². The zero-order valence-electron chi connectivity index (χ0n) is 11.1. The van der Waals surface area contributed by atoms with Crippen LogP contribution in [-0.2, 0) is 6.54 Å². The van der Waals surface area contributed by atoms with Crippen molar-refractivity contribution in [3.63, 3.8) is 0 Å². The molecule has 1 saturated carbocycles. The first-order valence-electron chi connectivity index (χ1n) is 6.48. The lowest BCUT2D eigenvalue weighted by Gasteiger charge is -2.09. The summed E-state index contributed by atoms with van der Waals surface area (Å²) in [6.07, 6.45) is 4.55. The highest BCUT2D eigenvalue weighted by Crippen LogP contribution is 2.33. The predicted octanol–water partition coefficient (Wildman–Crippen LogP) is 3.66. The molecule has 1 aliphatic rings. The molecule has 1 fully saturated rings. The molecular weight excluding hydrogens is 386 g/mol. The SMILES string of the molecule is COc1cc(-n2ccc(CNC3CC3)n2)c(Br)cc1Br. The Kier molecular flexibility index (Phi) is 4.14. The van der Waals surface area contributed by atoms with Gasteiger partial charge in [-0.3, -0.25) is 0 Å². The highest BCUT2D eigenvalue weighted by molar-refractivity contribution is 9.11. The van der Waals surface area contributed by atoms with Crippen LogP contribution in [0, 0.1) is 0 Å². The molecule has 2 aromatic rings. The molecule has 0 bridgehead atoms. The maximum Gasteiger partial charge on any atom is 0.135 e. The van der Waals surface area contributed by atoms with Gasteiger partial charge in [-0.25, -0.2) is 4.68 Å². The summed E-state index contributed by atoms with van der Waals surface area (Å²) in [7, 11) is 1.66. The fourth-order valence-electron chi connectivity index (χ4n) is 1.98. The van der Waals surface area contributed by atoms with Gasteiger partial charge in [0.05, 0.1) is 23.0 Å². The van der Waals surface area contributed by atoms with Gasteiger partial charge in [0.25, 0.3) is 0 Å². The number of hydrogen-bond acceptors (Lipinski definition) is 3. The molecule has 1 heterocycles. The lowest BCUT2D eigenvalue weighted by Crippen LogP contribution is -2.15. The van der Waals surface area contributed by atoms with Gasteiger partial charge in [0.15, 0.2) is 0 Å². The minimum atomic E-state index is 0.694. The number of aromatic nitrogens is 2. The van der Waals surface area contributed by atoms with Crippen LogP contribution in [0.15, 0.2) is 33.3 Å². The quantitative estimate of drug-likeness (QED) is 0.832. The van der Waals surface area contributed by atoms with E-state index in [0.29, 0.717) is 6.04 Å². The van der Waals surface area contributed by atoms with Crippen LogP contribution in [0.5, 0.6) is 5.75 Å². The van der Waals surface area contributed by atoms with Crippen LogP contribution in [0.25, 0.3) is 5.69 Å². The van der Waals surface area contributed by atoms with Crippen LogP contribution in [0.3, 0.4) is 0 Å². The first kappa shape index (κ1) is 14.1. The van der Waals surface area contributed by atoms with Crippen molar-refractivity contribution >= 4 is 31.9 Å². The first-order valence-corrected chi connectivity index (χ1v) is 8.07. The molecule has 1 aliphatic carbocycles. The number of nitrogens with zero attached hydrogens (tertiary/aromatic N) is 2. The fourth-order valence-corrected chi connectivity index (χ4v) is 3.31. The first-order chi connectivity index (χ1) is 9.67. The molecule has 4 nitrogen and oxygen atoms in total. The minimum Gasteiger partial charge on any atom is -0.495 e. The van der Waals surface area contributed by atoms with Gasteiger partial charge in [-0.2, -0.15) is 5.10 Å². The van der Waals surface area contributed by atoms with E-state index >= 15 is 0 Å². The van der Waals surface area contributed by atoms with Gasteiger partial charge in [0.2, 0.25) is 0 Å². The summed E-state index contributed by atoms with van der Waals surface area (Å²) in [6.45, 7) is 0.822. The lowest BCUT2D eigenvalue weighted by molar-refractivity contribution is 0.411. The van der Waals surface area contributed by atoms with Crippen molar-refractivity contribution in [1.82, 2.24) is 15.1 Å².